The number of nitrogens with zero attached hydrogens (tertiary/aromatic N) is 1. The fourth-order valence-corrected chi connectivity index (χ4v) is 3.53. The zero-order chi connectivity index (χ0) is 14.2. The normalized spacial score (nSPS) is 21.2. The van der Waals surface area contributed by atoms with Gasteiger partial charge in [0.2, 0.25) is 5.91 Å². The summed E-state index contributed by atoms with van der Waals surface area (Å²) in [7, 11) is 1.90. The minimum Gasteiger partial charge on any atom is -0.344 e. The lowest BCUT2D eigenvalue weighted by Crippen LogP contribution is -2.40. The minimum atomic E-state index is -0.544. The van der Waals surface area contributed by atoms with Crippen LogP contribution in [0.5, 0.6) is 0 Å². The van der Waals surface area contributed by atoms with Gasteiger partial charge in [0.25, 0.3) is 0 Å². The smallest absolute Gasteiger partial charge is 0.237 e. The van der Waals surface area contributed by atoms with Gasteiger partial charge in [-0.05, 0) is 17.0 Å². The lowest BCUT2D eigenvalue weighted by molar-refractivity contribution is -0.130. The second-order valence-corrected chi connectivity index (χ2v) is 5.63. The molecule has 102 valence electrons. The Kier molecular flexibility index (Phi) is 3.09. The van der Waals surface area contributed by atoms with E-state index in [1.54, 1.807) is 0 Å². The van der Waals surface area contributed by atoms with E-state index in [-0.39, 0.29) is 11.8 Å². The summed E-state index contributed by atoms with van der Waals surface area (Å²) < 4.78 is 0. The molecule has 0 aliphatic carbocycles. The average molecular weight is 265 g/mol. The molecule has 0 bridgehead atoms. The predicted molar refractivity (Wildman–Crippen MR) is 80.5 cm³/mol. The number of rotatable bonds is 2. The first-order valence-electron chi connectivity index (χ1n) is 7.04. The van der Waals surface area contributed by atoms with Crippen molar-refractivity contribution < 1.29 is 4.79 Å². The van der Waals surface area contributed by atoms with Crippen LogP contribution in [0.15, 0.2) is 60.7 Å². The molecule has 3 rings (SSSR count). The van der Waals surface area contributed by atoms with Crippen molar-refractivity contribution in [2.24, 2.45) is 5.92 Å². The molecule has 1 unspecified atom stereocenters. The summed E-state index contributed by atoms with van der Waals surface area (Å²) in [4.78, 5) is 14.8. The molecule has 1 aliphatic heterocycles. The summed E-state index contributed by atoms with van der Waals surface area (Å²) in [6.07, 6.45) is 0. The molecule has 0 aromatic heterocycles. The second kappa shape index (κ2) is 4.78. The fraction of sp³-hybridized carbons (Fsp3) is 0.278. The van der Waals surface area contributed by atoms with Gasteiger partial charge in [-0.3, -0.25) is 4.79 Å². The molecule has 0 saturated carbocycles. The van der Waals surface area contributed by atoms with Crippen molar-refractivity contribution in [2.45, 2.75) is 12.3 Å². The van der Waals surface area contributed by atoms with Crippen LogP contribution in [-0.4, -0.2) is 24.4 Å². The number of amides is 1. The molecule has 1 fully saturated rings. The van der Waals surface area contributed by atoms with Crippen LogP contribution in [-0.2, 0) is 10.2 Å². The molecular formula is C18H19NO. The van der Waals surface area contributed by atoms with Gasteiger partial charge in [-0.2, -0.15) is 0 Å². The van der Waals surface area contributed by atoms with Gasteiger partial charge >= 0.3 is 0 Å². The van der Waals surface area contributed by atoms with Crippen molar-refractivity contribution in [3.8, 4) is 0 Å². The molecule has 0 radical (unpaired) electrons. The van der Waals surface area contributed by atoms with Crippen molar-refractivity contribution in [2.75, 3.05) is 13.6 Å². The van der Waals surface area contributed by atoms with Crippen molar-refractivity contribution in [1.82, 2.24) is 4.90 Å². The van der Waals surface area contributed by atoms with E-state index in [2.05, 4.69) is 31.2 Å². The molecule has 1 aliphatic rings. The summed E-state index contributed by atoms with van der Waals surface area (Å²) in [5.41, 5.74) is 1.64. The molecule has 1 saturated heterocycles. The highest BCUT2D eigenvalue weighted by molar-refractivity contribution is 5.94. The highest BCUT2D eigenvalue weighted by Gasteiger charge is 2.53. The Morgan fingerprint density at radius 3 is 1.75 bits per heavy atom. The van der Waals surface area contributed by atoms with E-state index in [9.17, 15) is 4.79 Å². The lowest BCUT2D eigenvalue weighted by atomic mass is 9.68. The zero-order valence-corrected chi connectivity index (χ0v) is 11.9. The highest BCUT2D eigenvalue weighted by Crippen LogP contribution is 2.45. The Hall–Kier alpha value is -2.09. The maximum absolute atomic E-state index is 13.0. The number of carbonyl (C=O) groups is 1. The SMILES string of the molecule is CC1CN(C)C(=O)C1(c1ccccc1)c1ccccc1. The standard InChI is InChI=1S/C18H19NO/c1-14-13-19(2)17(20)18(14,15-9-5-3-6-10-15)16-11-7-4-8-12-16/h3-12,14H,13H2,1-2H3. The van der Waals surface area contributed by atoms with E-state index in [1.165, 1.54) is 0 Å². The third-order valence-corrected chi connectivity index (χ3v) is 4.43. The number of benzene rings is 2. The van der Waals surface area contributed by atoms with E-state index in [4.69, 9.17) is 0 Å². The van der Waals surface area contributed by atoms with Crippen molar-refractivity contribution in [1.29, 1.82) is 0 Å². The molecule has 2 heteroatoms. The van der Waals surface area contributed by atoms with Crippen LogP contribution in [0.25, 0.3) is 0 Å². The number of carbonyl (C=O) groups excluding carboxylic acids is 1. The van der Waals surface area contributed by atoms with Crippen molar-refractivity contribution in [3.05, 3.63) is 71.8 Å². The summed E-state index contributed by atoms with van der Waals surface area (Å²) >= 11 is 0. The maximum atomic E-state index is 13.0. The Morgan fingerprint density at radius 2 is 1.40 bits per heavy atom. The fourth-order valence-electron chi connectivity index (χ4n) is 3.53. The van der Waals surface area contributed by atoms with Crippen LogP contribution < -0.4 is 0 Å². The summed E-state index contributed by atoms with van der Waals surface area (Å²) in [5, 5.41) is 0. The van der Waals surface area contributed by atoms with Crippen molar-refractivity contribution >= 4 is 5.91 Å². The number of hydrogen-bond donors (Lipinski definition) is 0. The van der Waals surface area contributed by atoms with Crippen LogP contribution in [0, 0.1) is 5.92 Å². The van der Waals surface area contributed by atoms with Gasteiger partial charge in [0.15, 0.2) is 0 Å². The molecule has 2 aromatic rings. The number of likely N-dealkylation sites (N-methyl/N-ethyl adjacent to an activating group) is 1. The quantitative estimate of drug-likeness (QED) is 0.817. The van der Waals surface area contributed by atoms with Gasteiger partial charge in [0.05, 0.1) is 0 Å². The first-order valence-corrected chi connectivity index (χ1v) is 7.04. The molecule has 1 heterocycles. The third kappa shape index (κ3) is 1.68. The average Bonchev–Trinajstić information content (AvgIpc) is 2.72. The Labute approximate surface area is 120 Å². The maximum Gasteiger partial charge on any atom is 0.237 e. The van der Waals surface area contributed by atoms with Gasteiger partial charge < -0.3 is 4.90 Å². The Bertz CT molecular complexity index is 566. The van der Waals surface area contributed by atoms with Gasteiger partial charge in [-0.25, -0.2) is 0 Å². The molecular weight excluding hydrogens is 246 g/mol. The van der Waals surface area contributed by atoms with Crippen molar-refractivity contribution in [3.63, 3.8) is 0 Å². The lowest BCUT2D eigenvalue weighted by Gasteiger charge is -2.32. The van der Waals surface area contributed by atoms with Gasteiger partial charge in [-0.1, -0.05) is 67.6 Å². The van der Waals surface area contributed by atoms with Gasteiger partial charge in [0.1, 0.15) is 5.41 Å². The summed E-state index contributed by atoms with van der Waals surface area (Å²) in [6.45, 7) is 2.96. The van der Waals surface area contributed by atoms with Crippen LogP contribution >= 0.6 is 0 Å². The van der Waals surface area contributed by atoms with Crippen LogP contribution in [0.4, 0.5) is 0 Å². The summed E-state index contributed by atoms with van der Waals surface area (Å²) in [6, 6.07) is 20.3. The minimum absolute atomic E-state index is 0.197. The topological polar surface area (TPSA) is 20.3 Å². The molecule has 1 atom stereocenters. The number of hydrogen-bond acceptors (Lipinski definition) is 1. The number of likely N-dealkylation sites (tertiary alicyclic amines) is 1. The molecule has 2 aromatic carbocycles. The van der Waals surface area contributed by atoms with Gasteiger partial charge in [0, 0.05) is 13.6 Å². The molecule has 0 spiro atoms. The second-order valence-electron chi connectivity index (χ2n) is 5.63. The molecule has 1 amide bonds. The van der Waals surface area contributed by atoms with E-state index >= 15 is 0 Å². The highest BCUT2D eigenvalue weighted by atomic mass is 16.2. The van der Waals surface area contributed by atoms with E-state index < -0.39 is 5.41 Å². The van der Waals surface area contributed by atoms with E-state index in [1.807, 2.05) is 48.3 Å². The zero-order valence-electron chi connectivity index (χ0n) is 11.9. The molecule has 20 heavy (non-hydrogen) atoms. The predicted octanol–water partition coefficient (Wildman–Crippen LogP) is 3.08. The first-order chi connectivity index (χ1) is 9.67. The van der Waals surface area contributed by atoms with Crippen LogP contribution in [0.1, 0.15) is 18.1 Å². The van der Waals surface area contributed by atoms with E-state index in [0.29, 0.717) is 0 Å². The first kappa shape index (κ1) is 12.9. The molecule has 0 N–H and O–H groups in total. The van der Waals surface area contributed by atoms with Crippen LogP contribution in [0.2, 0.25) is 0 Å². The monoisotopic (exact) mass is 265 g/mol. The largest absolute Gasteiger partial charge is 0.344 e. The Balaban J connectivity index is 2.27. The van der Waals surface area contributed by atoms with Crippen LogP contribution in [0.3, 0.4) is 0 Å². The van der Waals surface area contributed by atoms with Gasteiger partial charge in [-0.15, -0.1) is 0 Å². The van der Waals surface area contributed by atoms with E-state index in [0.717, 1.165) is 17.7 Å². The Morgan fingerprint density at radius 1 is 0.950 bits per heavy atom. The third-order valence-electron chi connectivity index (χ3n) is 4.43. The molecule has 2 nitrogen and oxygen atoms in total. The summed E-state index contributed by atoms with van der Waals surface area (Å²) in [5.74, 6) is 0.451.